The summed E-state index contributed by atoms with van der Waals surface area (Å²) in [6, 6.07) is 0. The van der Waals surface area contributed by atoms with Gasteiger partial charge in [-0.15, -0.1) is 0 Å². The molecule has 0 aliphatic carbocycles. The lowest BCUT2D eigenvalue weighted by Gasteiger charge is -2.18. The van der Waals surface area contributed by atoms with Gasteiger partial charge in [-0.05, 0) is 89.9 Å². The predicted octanol–water partition coefficient (Wildman–Crippen LogP) is 17.2. The highest BCUT2D eigenvalue weighted by Gasteiger charge is 2.19. The molecule has 0 N–H and O–H groups in total. The highest BCUT2D eigenvalue weighted by Crippen LogP contribution is 2.14. The molecule has 0 saturated carbocycles. The molecule has 360 valence electrons. The monoisotopic (exact) mass is 877 g/mol. The Kier molecular flexibility index (Phi) is 48.5. The Morgan fingerprint density at radius 3 is 1.02 bits per heavy atom. The number of esters is 3. The van der Waals surface area contributed by atoms with Crippen LogP contribution in [0.25, 0.3) is 0 Å². The first-order valence-electron chi connectivity index (χ1n) is 26.1. The Morgan fingerprint density at radius 1 is 0.333 bits per heavy atom. The highest BCUT2D eigenvalue weighted by molar-refractivity contribution is 5.71. The molecular weight excluding hydrogens is 781 g/mol. The maximum absolute atomic E-state index is 12.7. The van der Waals surface area contributed by atoms with Crippen LogP contribution in [0.5, 0.6) is 0 Å². The van der Waals surface area contributed by atoms with E-state index >= 15 is 0 Å². The maximum Gasteiger partial charge on any atom is 0.306 e. The molecule has 0 aromatic heterocycles. The van der Waals surface area contributed by atoms with Crippen molar-refractivity contribution in [2.24, 2.45) is 0 Å². The number of hydrogen-bond donors (Lipinski definition) is 0. The van der Waals surface area contributed by atoms with E-state index in [9.17, 15) is 14.4 Å². The van der Waals surface area contributed by atoms with Crippen molar-refractivity contribution < 1.29 is 28.6 Å². The Hall–Kier alpha value is -3.41. The predicted molar refractivity (Wildman–Crippen MR) is 270 cm³/mol. The summed E-state index contributed by atoms with van der Waals surface area (Å²) in [7, 11) is 0. The van der Waals surface area contributed by atoms with E-state index in [0.717, 1.165) is 122 Å². The molecule has 63 heavy (non-hydrogen) atoms. The summed E-state index contributed by atoms with van der Waals surface area (Å²) < 4.78 is 16.7. The Balaban J connectivity index is 4.18. The maximum atomic E-state index is 12.7. The van der Waals surface area contributed by atoms with Gasteiger partial charge in [0.2, 0.25) is 0 Å². The first kappa shape index (κ1) is 59.6. The zero-order valence-electron chi connectivity index (χ0n) is 41.1. The molecule has 0 bridgehead atoms. The van der Waals surface area contributed by atoms with Gasteiger partial charge in [-0.25, -0.2) is 0 Å². The van der Waals surface area contributed by atoms with Crippen LogP contribution in [-0.2, 0) is 28.6 Å². The molecule has 0 aromatic rings. The summed E-state index contributed by atoms with van der Waals surface area (Å²) >= 11 is 0. The second-order valence-corrected chi connectivity index (χ2v) is 17.1. The van der Waals surface area contributed by atoms with Gasteiger partial charge in [0.1, 0.15) is 13.2 Å². The fraction of sp³-hybridized carbons (Fsp3) is 0.702. The molecule has 1 atom stereocenters. The number of hydrogen-bond acceptors (Lipinski definition) is 6. The molecule has 0 aromatic carbocycles. The number of rotatable bonds is 46. The van der Waals surface area contributed by atoms with Crippen molar-refractivity contribution >= 4 is 17.9 Å². The fourth-order valence-electron chi connectivity index (χ4n) is 6.95. The van der Waals surface area contributed by atoms with Gasteiger partial charge in [-0.2, -0.15) is 0 Å². The molecule has 0 spiro atoms. The zero-order valence-corrected chi connectivity index (χ0v) is 41.1. The van der Waals surface area contributed by atoms with Crippen molar-refractivity contribution in [3.8, 4) is 0 Å². The minimum atomic E-state index is -0.782. The van der Waals surface area contributed by atoms with Crippen molar-refractivity contribution in [2.45, 2.75) is 245 Å². The second-order valence-electron chi connectivity index (χ2n) is 17.1. The van der Waals surface area contributed by atoms with E-state index in [1.165, 1.54) is 77.0 Å². The lowest BCUT2D eigenvalue weighted by Crippen LogP contribution is -2.30. The van der Waals surface area contributed by atoms with Gasteiger partial charge in [-0.3, -0.25) is 14.4 Å². The van der Waals surface area contributed by atoms with E-state index in [1.54, 1.807) is 0 Å². The van der Waals surface area contributed by atoms with Crippen LogP contribution >= 0.6 is 0 Å². The summed E-state index contributed by atoms with van der Waals surface area (Å²) in [6.07, 6.45) is 65.9. The summed E-state index contributed by atoms with van der Waals surface area (Å²) in [5.74, 6) is -0.916. The lowest BCUT2D eigenvalue weighted by molar-refractivity contribution is -0.167. The van der Waals surface area contributed by atoms with E-state index in [1.807, 2.05) is 0 Å². The molecule has 0 aliphatic heterocycles. The highest BCUT2D eigenvalue weighted by atomic mass is 16.6. The quantitative estimate of drug-likeness (QED) is 0.0262. The summed E-state index contributed by atoms with van der Waals surface area (Å²) in [5, 5.41) is 0. The molecule has 6 heteroatoms. The number of carbonyl (C=O) groups excluding carboxylic acids is 3. The minimum absolute atomic E-state index is 0.0842. The van der Waals surface area contributed by atoms with Crippen LogP contribution in [0, 0.1) is 0 Å². The molecule has 0 fully saturated rings. The normalized spacial score (nSPS) is 12.7. The molecule has 0 saturated heterocycles. The molecule has 0 amide bonds. The lowest BCUT2D eigenvalue weighted by atomic mass is 10.1. The molecule has 0 heterocycles. The van der Waals surface area contributed by atoms with Gasteiger partial charge < -0.3 is 14.2 Å². The van der Waals surface area contributed by atoms with Crippen LogP contribution in [0.4, 0.5) is 0 Å². The van der Waals surface area contributed by atoms with Crippen LogP contribution in [-0.4, -0.2) is 37.2 Å². The molecule has 6 nitrogen and oxygen atoms in total. The van der Waals surface area contributed by atoms with Crippen molar-refractivity contribution in [1.29, 1.82) is 0 Å². The van der Waals surface area contributed by atoms with Crippen molar-refractivity contribution in [2.75, 3.05) is 13.2 Å². The van der Waals surface area contributed by atoms with E-state index in [-0.39, 0.29) is 31.1 Å². The van der Waals surface area contributed by atoms with Gasteiger partial charge in [0.15, 0.2) is 6.10 Å². The smallest absolute Gasteiger partial charge is 0.306 e. The van der Waals surface area contributed by atoms with Gasteiger partial charge in [0.05, 0.1) is 0 Å². The van der Waals surface area contributed by atoms with Gasteiger partial charge in [-0.1, -0.05) is 215 Å². The topological polar surface area (TPSA) is 78.9 Å². The van der Waals surface area contributed by atoms with E-state index in [2.05, 4.69) is 106 Å². The Bertz CT molecular complexity index is 1240. The standard InChI is InChI=1S/C57H96O6/c1-4-7-10-13-16-18-20-22-24-25-26-27-28-29-30-31-32-33-34-36-37-39-41-44-47-50-56(59)62-53-54(52-61-55(58)49-46-43-15-12-9-6-3)63-57(60)51-48-45-42-40-38-35-23-21-19-17-14-11-8-5-2/h7,10,14,16-18,21-24,26-27,29-30,54H,4-6,8-9,11-13,15,19-20,25,28,31-53H2,1-3H3/b10-7-,17-14-,18-16-,23-21-,24-22-,27-26-,30-29-. The molecule has 0 rings (SSSR count). The van der Waals surface area contributed by atoms with Crippen LogP contribution in [0.3, 0.4) is 0 Å². The first-order valence-corrected chi connectivity index (χ1v) is 26.1. The number of carbonyl (C=O) groups is 3. The van der Waals surface area contributed by atoms with Crippen LogP contribution in [0.2, 0.25) is 0 Å². The summed E-state index contributed by atoms with van der Waals surface area (Å²) in [5.41, 5.74) is 0. The van der Waals surface area contributed by atoms with Crippen molar-refractivity contribution in [1.82, 2.24) is 0 Å². The Morgan fingerprint density at radius 2 is 0.635 bits per heavy atom. The van der Waals surface area contributed by atoms with Crippen molar-refractivity contribution in [3.63, 3.8) is 0 Å². The number of allylic oxidation sites excluding steroid dienone is 14. The first-order chi connectivity index (χ1) is 31.0. The third kappa shape index (κ3) is 49.5. The number of unbranched alkanes of at least 4 members (excludes halogenated alkanes) is 21. The Labute approximate surface area is 388 Å². The summed E-state index contributed by atoms with van der Waals surface area (Å²) in [4.78, 5) is 37.7. The summed E-state index contributed by atoms with van der Waals surface area (Å²) in [6.45, 7) is 6.40. The molecule has 0 aliphatic rings. The molecule has 0 radical (unpaired) electrons. The fourth-order valence-corrected chi connectivity index (χ4v) is 6.95. The van der Waals surface area contributed by atoms with Crippen LogP contribution in [0.15, 0.2) is 85.1 Å². The average molecular weight is 877 g/mol. The minimum Gasteiger partial charge on any atom is -0.462 e. The van der Waals surface area contributed by atoms with Gasteiger partial charge >= 0.3 is 17.9 Å². The SMILES string of the molecule is CC/C=C\C/C=C\C/C=C\C/C=C\C/C=C\CCCCCCCCCCCC(=O)OCC(COC(=O)CCCCCCCC)OC(=O)CCCCCCC/C=C\C/C=C\CCCC. The van der Waals surface area contributed by atoms with E-state index in [4.69, 9.17) is 14.2 Å². The largest absolute Gasteiger partial charge is 0.462 e. The van der Waals surface area contributed by atoms with E-state index in [0.29, 0.717) is 19.3 Å². The third-order valence-corrected chi connectivity index (χ3v) is 10.9. The average Bonchev–Trinajstić information content (AvgIpc) is 3.28. The van der Waals surface area contributed by atoms with Crippen LogP contribution in [0.1, 0.15) is 239 Å². The van der Waals surface area contributed by atoms with Gasteiger partial charge in [0.25, 0.3) is 0 Å². The third-order valence-electron chi connectivity index (χ3n) is 10.9. The second kappa shape index (κ2) is 51.2. The molecule has 1 unspecified atom stereocenters. The van der Waals surface area contributed by atoms with Gasteiger partial charge in [0, 0.05) is 19.3 Å². The zero-order chi connectivity index (χ0) is 45.8. The number of ether oxygens (including phenoxy) is 3. The van der Waals surface area contributed by atoms with E-state index < -0.39 is 6.10 Å². The van der Waals surface area contributed by atoms with Crippen molar-refractivity contribution in [3.05, 3.63) is 85.1 Å². The van der Waals surface area contributed by atoms with Crippen LogP contribution < -0.4 is 0 Å². The molecular formula is C57H96O6.